The number of aliphatic hydroxyl groups is 1. The van der Waals surface area contributed by atoms with Gasteiger partial charge in [0.05, 0.1) is 17.2 Å². The number of aryl methyl sites for hydroxylation is 1. The molecule has 5 heteroatoms. The smallest absolute Gasteiger partial charge is 0.101 e. The highest BCUT2D eigenvalue weighted by atomic mass is 32.2. The summed E-state index contributed by atoms with van der Waals surface area (Å²) in [5.41, 5.74) is 0.829. The van der Waals surface area contributed by atoms with Gasteiger partial charge in [-0.15, -0.1) is 0 Å². The third kappa shape index (κ3) is 2.62. The van der Waals surface area contributed by atoms with E-state index in [-0.39, 0.29) is 0 Å². The van der Waals surface area contributed by atoms with E-state index in [9.17, 15) is 5.11 Å². The molecule has 16 heavy (non-hydrogen) atoms. The summed E-state index contributed by atoms with van der Waals surface area (Å²) in [6.45, 7) is 1.73. The molecule has 0 saturated carbocycles. The summed E-state index contributed by atoms with van der Waals surface area (Å²) in [5, 5.41) is 14.3. The maximum absolute atomic E-state index is 9.35. The van der Waals surface area contributed by atoms with Crippen molar-refractivity contribution in [3.8, 4) is 0 Å². The first kappa shape index (κ1) is 11.2. The Kier molecular flexibility index (Phi) is 3.26. The molecule has 0 radical (unpaired) electrons. The molecule has 0 aliphatic heterocycles. The van der Waals surface area contributed by atoms with Gasteiger partial charge >= 0.3 is 0 Å². The maximum Gasteiger partial charge on any atom is 0.101 e. The molecular formula is C11H13N3OS. The molecule has 1 atom stereocenters. The molecule has 4 nitrogen and oxygen atoms in total. The Hall–Kier alpha value is -1.33. The first-order valence-electron chi connectivity index (χ1n) is 4.95. The van der Waals surface area contributed by atoms with E-state index in [2.05, 4.69) is 10.1 Å². The van der Waals surface area contributed by atoms with Gasteiger partial charge in [-0.05, 0) is 18.6 Å². The fraction of sp³-hybridized carbons (Fsp3) is 0.273. The minimum atomic E-state index is -0.468. The van der Waals surface area contributed by atoms with Crippen LogP contribution < -0.4 is 0 Å². The van der Waals surface area contributed by atoms with Crippen molar-refractivity contribution in [2.45, 2.75) is 22.9 Å². The number of pyridine rings is 1. The van der Waals surface area contributed by atoms with E-state index < -0.39 is 6.10 Å². The van der Waals surface area contributed by atoms with E-state index in [0.717, 1.165) is 15.5 Å². The van der Waals surface area contributed by atoms with Crippen LogP contribution >= 0.6 is 11.8 Å². The quantitative estimate of drug-likeness (QED) is 0.884. The molecule has 2 rings (SSSR count). The van der Waals surface area contributed by atoms with Crippen LogP contribution in [0.5, 0.6) is 0 Å². The number of hydrogen-bond donors (Lipinski definition) is 1. The van der Waals surface area contributed by atoms with Crippen LogP contribution in [0.15, 0.2) is 40.6 Å². The molecule has 1 N–H and O–H groups in total. The van der Waals surface area contributed by atoms with E-state index in [1.54, 1.807) is 35.8 Å². The van der Waals surface area contributed by atoms with Crippen molar-refractivity contribution in [1.29, 1.82) is 0 Å². The number of hydrogen-bond acceptors (Lipinski definition) is 4. The number of aromatic nitrogens is 3. The average Bonchev–Trinajstić information content (AvgIpc) is 2.65. The third-order valence-electron chi connectivity index (χ3n) is 2.15. The first-order valence-corrected chi connectivity index (χ1v) is 5.77. The maximum atomic E-state index is 9.35. The van der Waals surface area contributed by atoms with Gasteiger partial charge in [-0.25, -0.2) is 4.98 Å². The van der Waals surface area contributed by atoms with Crippen molar-refractivity contribution in [1.82, 2.24) is 14.8 Å². The summed E-state index contributed by atoms with van der Waals surface area (Å²) >= 11 is 1.55. The fourth-order valence-electron chi connectivity index (χ4n) is 1.27. The van der Waals surface area contributed by atoms with Crippen LogP contribution in [-0.2, 0) is 7.05 Å². The molecule has 0 spiro atoms. The zero-order chi connectivity index (χ0) is 11.5. The molecule has 2 heterocycles. The molecule has 2 aromatic heterocycles. The summed E-state index contributed by atoms with van der Waals surface area (Å²) < 4.78 is 1.76. The largest absolute Gasteiger partial charge is 0.389 e. The number of nitrogens with zero attached hydrogens (tertiary/aromatic N) is 3. The van der Waals surface area contributed by atoms with Gasteiger partial charge in [-0.3, -0.25) is 4.68 Å². The normalized spacial score (nSPS) is 12.7. The van der Waals surface area contributed by atoms with Crippen molar-refractivity contribution in [3.05, 3.63) is 36.3 Å². The Morgan fingerprint density at radius 2 is 2.19 bits per heavy atom. The molecule has 0 bridgehead atoms. The van der Waals surface area contributed by atoms with Crippen LogP contribution in [0.2, 0.25) is 0 Å². The minimum absolute atomic E-state index is 0.468. The Morgan fingerprint density at radius 1 is 1.38 bits per heavy atom. The summed E-state index contributed by atoms with van der Waals surface area (Å²) in [6, 6.07) is 3.79. The Balaban J connectivity index is 2.11. The average molecular weight is 235 g/mol. The topological polar surface area (TPSA) is 50.9 Å². The monoisotopic (exact) mass is 235 g/mol. The zero-order valence-electron chi connectivity index (χ0n) is 9.16. The minimum Gasteiger partial charge on any atom is -0.389 e. The second-order valence-corrected chi connectivity index (χ2v) is 4.65. The van der Waals surface area contributed by atoms with Gasteiger partial charge < -0.3 is 5.11 Å². The lowest BCUT2D eigenvalue weighted by atomic mass is 10.2. The number of aliphatic hydroxyl groups excluding tert-OH is 1. The summed E-state index contributed by atoms with van der Waals surface area (Å²) in [6.07, 6.45) is 4.97. The molecule has 2 aromatic rings. The second-order valence-electron chi connectivity index (χ2n) is 3.56. The van der Waals surface area contributed by atoms with Crippen molar-refractivity contribution >= 4 is 11.8 Å². The Bertz CT molecular complexity index is 464. The van der Waals surface area contributed by atoms with Crippen LogP contribution in [0, 0.1) is 0 Å². The van der Waals surface area contributed by atoms with Crippen LogP contribution in [0.3, 0.4) is 0 Å². The summed E-state index contributed by atoms with van der Waals surface area (Å²) in [5.74, 6) is 0. The van der Waals surface area contributed by atoms with E-state index in [1.807, 2.05) is 25.4 Å². The van der Waals surface area contributed by atoms with Gasteiger partial charge in [0.1, 0.15) is 5.03 Å². The molecule has 0 aliphatic carbocycles. The van der Waals surface area contributed by atoms with Crippen LogP contribution in [-0.4, -0.2) is 19.9 Å². The zero-order valence-corrected chi connectivity index (χ0v) is 9.98. The molecule has 0 aliphatic rings. The van der Waals surface area contributed by atoms with Crippen molar-refractivity contribution in [2.24, 2.45) is 7.05 Å². The van der Waals surface area contributed by atoms with E-state index in [4.69, 9.17) is 0 Å². The van der Waals surface area contributed by atoms with E-state index in [0.29, 0.717) is 0 Å². The molecule has 0 fully saturated rings. The van der Waals surface area contributed by atoms with Crippen molar-refractivity contribution in [2.75, 3.05) is 0 Å². The highest BCUT2D eigenvalue weighted by molar-refractivity contribution is 7.99. The SMILES string of the molecule is C[C@H](O)c1ccc(Sc2cnn(C)c2)nc1. The predicted molar refractivity (Wildman–Crippen MR) is 62.2 cm³/mol. The summed E-state index contributed by atoms with van der Waals surface area (Å²) in [7, 11) is 1.88. The van der Waals surface area contributed by atoms with Crippen LogP contribution in [0.1, 0.15) is 18.6 Å². The Morgan fingerprint density at radius 3 is 2.69 bits per heavy atom. The lowest BCUT2D eigenvalue weighted by Crippen LogP contribution is -1.91. The van der Waals surface area contributed by atoms with Gasteiger partial charge in [0.2, 0.25) is 0 Å². The summed E-state index contributed by atoms with van der Waals surface area (Å²) in [4.78, 5) is 5.33. The lowest BCUT2D eigenvalue weighted by molar-refractivity contribution is 0.198. The molecular weight excluding hydrogens is 222 g/mol. The predicted octanol–water partition coefficient (Wildman–Crippen LogP) is 2.02. The van der Waals surface area contributed by atoms with Crippen LogP contribution in [0.4, 0.5) is 0 Å². The number of rotatable bonds is 3. The molecule has 0 unspecified atom stereocenters. The Labute approximate surface area is 98.3 Å². The first-order chi connectivity index (χ1) is 7.65. The molecule has 0 aromatic carbocycles. The standard InChI is InChI=1S/C11H13N3OS/c1-8(15)9-3-4-11(12-5-9)16-10-6-13-14(2)7-10/h3-8,15H,1-2H3/t8-/m0/s1. The molecule has 0 saturated heterocycles. The van der Waals surface area contributed by atoms with Gasteiger partial charge in [0, 0.05) is 19.4 Å². The fourth-order valence-corrected chi connectivity index (χ4v) is 2.06. The van der Waals surface area contributed by atoms with Gasteiger partial charge in [-0.1, -0.05) is 17.8 Å². The van der Waals surface area contributed by atoms with E-state index >= 15 is 0 Å². The van der Waals surface area contributed by atoms with Gasteiger partial charge in [0.15, 0.2) is 0 Å². The lowest BCUT2D eigenvalue weighted by Gasteiger charge is -2.04. The molecule has 0 amide bonds. The highest BCUT2D eigenvalue weighted by Crippen LogP contribution is 2.25. The van der Waals surface area contributed by atoms with Gasteiger partial charge in [0.25, 0.3) is 0 Å². The second kappa shape index (κ2) is 4.67. The highest BCUT2D eigenvalue weighted by Gasteiger charge is 2.03. The van der Waals surface area contributed by atoms with Crippen LogP contribution in [0.25, 0.3) is 0 Å². The third-order valence-corrected chi connectivity index (χ3v) is 3.04. The van der Waals surface area contributed by atoms with Crippen molar-refractivity contribution < 1.29 is 5.11 Å². The van der Waals surface area contributed by atoms with Crippen molar-refractivity contribution in [3.63, 3.8) is 0 Å². The van der Waals surface area contributed by atoms with E-state index in [1.165, 1.54) is 0 Å². The van der Waals surface area contributed by atoms with Gasteiger partial charge in [-0.2, -0.15) is 5.10 Å². The molecule has 84 valence electrons.